The van der Waals surface area contributed by atoms with Gasteiger partial charge in [-0.2, -0.15) is 0 Å². The summed E-state index contributed by atoms with van der Waals surface area (Å²) in [6.45, 7) is 1.19. The molecule has 0 aliphatic carbocycles. The molecule has 2 aromatic carbocycles. The standard InChI is InChI=1S/C22H24N2O3/c1-26-16-10-8-15(9-11-16)18(13-24-22(25)21-7-4-12-27-21)19-14-23-20-6-3-2-5-17(19)20/h2-3,5-6,8-11,14,18,21,23H,4,7,12-13H2,1H3,(H,24,25). The summed E-state index contributed by atoms with van der Waals surface area (Å²) in [5.74, 6) is 0.836. The van der Waals surface area contributed by atoms with Crippen LogP contribution in [0.5, 0.6) is 5.75 Å². The highest BCUT2D eigenvalue weighted by Gasteiger charge is 2.25. The van der Waals surface area contributed by atoms with Crippen molar-refractivity contribution in [2.24, 2.45) is 0 Å². The van der Waals surface area contributed by atoms with Crippen molar-refractivity contribution in [3.05, 3.63) is 65.9 Å². The van der Waals surface area contributed by atoms with Gasteiger partial charge in [-0.1, -0.05) is 30.3 Å². The second-order valence-corrected chi connectivity index (χ2v) is 6.86. The van der Waals surface area contributed by atoms with Gasteiger partial charge in [-0.05, 0) is 42.2 Å². The number of rotatable bonds is 6. The number of nitrogens with one attached hydrogen (secondary N) is 2. The minimum absolute atomic E-state index is 0.0224. The highest BCUT2D eigenvalue weighted by molar-refractivity contribution is 5.85. The number of aromatic amines is 1. The number of fused-ring (bicyclic) bond motifs is 1. The van der Waals surface area contributed by atoms with Crippen LogP contribution >= 0.6 is 0 Å². The van der Waals surface area contributed by atoms with Crippen LogP contribution in [0.2, 0.25) is 0 Å². The van der Waals surface area contributed by atoms with E-state index in [-0.39, 0.29) is 17.9 Å². The number of hydrogen-bond donors (Lipinski definition) is 2. The summed E-state index contributed by atoms with van der Waals surface area (Å²) in [5, 5.41) is 4.27. The quantitative estimate of drug-likeness (QED) is 0.702. The Morgan fingerprint density at radius 2 is 2.07 bits per heavy atom. The van der Waals surface area contributed by atoms with E-state index >= 15 is 0 Å². The second-order valence-electron chi connectivity index (χ2n) is 6.86. The molecule has 140 valence electrons. The average Bonchev–Trinajstić information content (AvgIpc) is 3.39. The van der Waals surface area contributed by atoms with E-state index < -0.39 is 0 Å². The van der Waals surface area contributed by atoms with Gasteiger partial charge in [-0.3, -0.25) is 4.79 Å². The maximum Gasteiger partial charge on any atom is 0.249 e. The van der Waals surface area contributed by atoms with Crippen molar-refractivity contribution in [1.29, 1.82) is 0 Å². The van der Waals surface area contributed by atoms with Gasteiger partial charge in [0.2, 0.25) is 5.91 Å². The maximum atomic E-state index is 12.5. The fourth-order valence-electron chi connectivity index (χ4n) is 3.73. The zero-order chi connectivity index (χ0) is 18.6. The van der Waals surface area contributed by atoms with Crippen molar-refractivity contribution < 1.29 is 14.3 Å². The summed E-state index contributed by atoms with van der Waals surface area (Å²) >= 11 is 0. The highest BCUT2D eigenvalue weighted by atomic mass is 16.5. The van der Waals surface area contributed by atoms with Crippen LogP contribution in [0.4, 0.5) is 0 Å². The number of carbonyl (C=O) groups is 1. The molecule has 1 fully saturated rings. The molecule has 0 bridgehead atoms. The molecule has 5 heteroatoms. The van der Waals surface area contributed by atoms with Crippen molar-refractivity contribution in [2.75, 3.05) is 20.3 Å². The Bertz CT molecular complexity index is 911. The van der Waals surface area contributed by atoms with Crippen LogP contribution < -0.4 is 10.1 Å². The Morgan fingerprint density at radius 1 is 1.26 bits per heavy atom. The molecule has 1 amide bonds. The largest absolute Gasteiger partial charge is 0.497 e. The number of para-hydroxylation sites is 1. The van der Waals surface area contributed by atoms with Crippen LogP contribution in [0, 0.1) is 0 Å². The molecule has 27 heavy (non-hydrogen) atoms. The molecular weight excluding hydrogens is 340 g/mol. The van der Waals surface area contributed by atoms with Gasteiger partial charge in [-0.15, -0.1) is 0 Å². The van der Waals surface area contributed by atoms with E-state index in [4.69, 9.17) is 9.47 Å². The van der Waals surface area contributed by atoms with E-state index in [1.165, 1.54) is 10.9 Å². The summed E-state index contributed by atoms with van der Waals surface area (Å²) in [6.07, 6.45) is 3.47. The van der Waals surface area contributed by atoms with Crippen LogP contribution in [0.1, 0.15) is 29.9 Å². The fourth-order valence-corrected chi connectivity index (χ4v) is 3.73. The van der Waals surface area contributed by atoms with E-state index in [9.17, 15) is 4.79 Å². The SMILES string of the molecule is COc1ccc(C(CNC(=O)C2CCCO2)c2c[nH]c3ccccc23)cc1. The van der Waals surface area contributed by atoms with Crippen LogP contribution in [-0.2, 0) is 9.53 Å². The van der Waals surface area contributed by atoms with E-state index in [1.807, 2.05) is 30.5 Å². The van der Waals surface area contributed by atoms with Crippen LogP contribution in [0.15, 0.2) is 54.7 Å². The first-order valence-corrected chi connectivity index (χ1v) is 9.35. The maximum absolute atomic E-state index is 12.5. The Morgan fingerprint density at radius 3 is 2.81 bits per heavy atom. The third-order valence-electron chi connectivity index (χ3n) is 5.22. The van der Waals surface area contributed by atoms with Gasteiger partial charge in [0, 0.05) is 36.2 Å². The Kier molecular flexibility index (Phi) is 5.12. The molecule has 0 saturated carbocycles. The fraction of sp³-hybridized carbons (Fsp3) is 0.318. The van der Waals surface area contributed by atoms with Crippen molar-refractivity contribution >= 4 is 16.8 Å². The molecule has 1 aliphatic heterocycles. The third-order valence-corrected chi connectivity index (χ3v) is 5.22. The number of H-pyrrole nitrogens is 1. The number of benzene rings is 2. The predicted molar refractivity (Wildman–Crippen MR) is 105 cm³/mol. The normalized spacial score (nSPS) is 17.7. The predicted octanol–water partition coefficient (Wildman–Crippen LogP) is 3.60. The Balaban J connectivity index is 1.63. The Labute approximate surface area is 158 Å². The minimum Gasteiger partial charge on any atom is -0.497 e. The number of hydrogen-bond acceptors (Lipinski definition) is 3. The monoisotopic (exact) mass is 364 g/mol. The molecule has 2 unspecified atom stereocenters. The summed E-state index contributed by atoms with van der Waals surface area (Å²) in [7, 11) is 1.66. The van der Waals surface area contributed by atoms with E-state index in [2.05, 4.69) is 34.6 Å². The molecular formula is C22H24N2O3. The van der Waals surface area contributed by atoms with E-state index in [1.54, 1.807) is 7.11 Å². The summed E-state index contributed by atoms with van der Waals surface area (Å²) in [6, 6.07) is 16.3. The molecule has 3 aromatic rings. The molecule has 1 saturated heterocycles. The number of carbonyl (C=O) groups excluding carboxylic acids is 1. The molecule has 2 heterocycles. The molecule has 4 rings (SSSR count). The summed E-state index contributed by atoms with van der Waals surface area (Å²) in [5.41, 5.74) is 3.40. The smallest absolute Gasteiger partial charge is 0.249 e. The molecule has 5 nitrogen and oxygen atoms in total. The zero-order valence-electron chi connectivity index (χ0n) is 15.4. The van der Waals surface area contributed by atoms with E-state index in [0.717, 1.165) is 29.7 Å². The topological polar surface area (TPSA) is 63.4 Å². The number of amides is 1. The van der Waals surface area contributed by atoms with Gasteiger partial charge in [0.25, 0.3) is 0 Å². The first-order valence-electron chi connectivity index (χ1n) is 9.35. The van der Waals surface area contributed by atoms with Crippen LogP contribution in [-0.4, -0.2) is 37.3 Å². The first kappa shape index (κ1) is 17.6. The van der Waals surface area contributed by atoms with Gasteiger partial charge in [-0.25, -0.2) is 0 Å². The molecule has 2 N–H and O–H groups in total. The van der Waals surface area contributed by atoms with Crippen molar-refractivity contribution in [3.63, 3.8) is 0 Å². The van der Waals surface area contributed by atoms with Crippen molar-refractivity contribution in [3.8, 4) is 5.75 Å². The number of methoxy groups -OCH3 is 1. The van der Waals surface area contributed by atoms with Gasteiger partial charge in [0.1, 0.15) is 11.9 Å². The van der Waals surface area contributed by atoms with Crippen LogP contribution in [0.25, 0.3) is 10.9 Å². The van der Waals surface area contributed by atoms with E-state index in [0.29, 0.717) is 13.2 Å². The minimum atomic E-state index is -0.315. The lowest BCUT2D eigenvalue weighted by Crippen LogP contribution is -2.36. The Hall–Kier alpha value is -2.79. The van der Waals surface area contributed by atoms with Gasteiger partial charge >= 0.3 is 0 Å². The average molecular weight is 364 g/mol. The molecule has 1 aromatic heterocycles. The second kappa shape index (κ2) is 7.84. The van der Waals surface area contributed by atoms with Gasteiger partial charge in [0.05, 0.1) is 7.11 Å². The number of ether oxygens (including phenoxy) is 2. The van der Waals surface area contributed by atoms with Crippen LogP contribution in [0.3, 0.4) is 0 Å². The summed E-state index contributed by atoms with van der Waals surface area (Å²) < 4.78 is 10.8. The lowest BCUT2D eigenvalue weighted by molar-refractivity contribution is -0.130. The number of aromatic nitrogens is 1. The molecule has 0 spiro atoms. The first-order chi connectivity index (χ1) is 13.3. The lowest BCUT2D eigenvalue weighted by Gasteiger charge is -2.20. The summed E-state index contributed by atoms with van der Waals surface area (Å²) in [4.78, 5) is 15.8. The van der Waals surface area contributed by atoms with Gasteiger partial charge < -0.3 is 19.8 Å². The molecule has 2 atom stereocenters. The third kappa shape index (κ3) is 3.69. The zero-order valence-corrected chi connectivity index (χ0v) is 15.4. The van der Waals surface area contributed by atoms with Crippen molar-refractivity contribution in [1.82, 2.24) is 10.3 Å². The van der Waals surface area contributed by atoms with Crippen molar-refractivity contribution in [2.45, 2.75) is 24.9 Å². The highest BCUT2D eigenvalue weighted by Crippen LogP contribution is 2.31. The lowest BCUT2D eigenvalue weighted by atomic mass is 9.90. The molecule has 0 radical (unpaired) electrons. The van der Waals surface area contributed by atoms with Gasteiger partial charge in [0.15, 0.2) is 0 Å². The molecule has 1 aliphatic rings.